The molecule has 0 radical (unpaired) electrons. The van der Waals surface area contributed by atoms with Gasteiger partial charge in [0, 0.05) is 21.1 Å². The maximum atomic E-state index is 12.2. The number of carbonyl (C=O) groups is 1. The van der Waals surface area contributed by atoms with Gasteiger partial charge in [-0.2, -0.15) is 4.99 Å². The minimum Gasteiger partial charge on any atom is -0.370 e. The fraction of sp³-hybridized carbons (Fsp3) is 0.214. The van der Waals surface area contributed by atoms with E-state index in [1.54, 1.807) is 24.5 Å². The second-order valence-corrected chi connectivity index (χ2v) is 6.20. The molecule has 0 saturated heterocycles. The van der Waals surface area contributed by atoms with Gasteiger partial charge in [0.15, 0.2) is 5.96 Å². The molecule has 0 aliphatic rings. The standard InChI is InChI=1S/C14H17Cl2N5OS/c1-3-4-10(6-9(16)5-8(2)15)19-12(22)11-7-23-14(20-11)21-13(17)18/h4-7H,3H2,1-2H3,(H,19,22)(H4,17,18,20,21)/b8-5+,9-6+,10-4+. The first-order valence-electron chi connectivity index (χ1n) is 6.59. The van der Waals surface area contributed by atoms with Gasteiger partial charge in [-0.1, -0.05) is 36.2 Å². The molecule has 6 nitrogen and oxygen atoms in total. The first-order valence-corrected chi connectivity index (χ1v) is 8.23. The van der Waals surface area contributed by atoms with Crippen molar-refractivity contribution < 1.29 is 4.79 Å². The molecule has 0 aromatic carbocycles. The van der Waals surface area contributed by atoms with Crippen molar-refractivity contribution in [2.45, 2.75) is 20.3 Å². The molecule has 0 aliphatic heterocycles. The van der Waals surface area contributed by atoms with E-state index in [2.05, 4.69) is 15.3 Å². The Balaban J connectivity index is 2.91. The lowest BCUT2D eigenvalue weighted by molar-refractivity contribution is 0.0963. The van der Waals surface area contributed by atoms with Crippen molar-refractivity contribution >= 4 is 51.5 Å². The average Bonchev–Trinajstić information content (AvgIpc) is 2.85. The highest BCUT2D eigenvalue weighted by Crippen LogP contribution is 2.19. The summed E-state index contributed by atoms with van der Waals surface area (Å²) in [5, 5.41) is 5.54. The molecule has 23 heavy (non-hydrogen) atoms. The predicted molar refractivity (Wildman–Crippen MR) is 97.0 cm³/mol. The summed E-state index contributed by atoms with van der Waals surface area (Å²) in [6.45, 7) is 3.65. The van der Waals surface area contributed by atoms with Gasteiger partial charge in [-0.25, -0.2) is 4.98 Å². The lowest BCUT2D eigenvalue weighted by atomic mass is 10.3. The highest BCUT2D eigenvalue weighted by Gasteiger charge is 2.11. The van der Waals surface area contributed by atoms with Crippen LogP contribution in [0.25, 0.3) is 0 Å². The Bertz CT molecular complexity index is 683. The normalized spacial score (nSPS) is 13.0. The smallest absolute Gasteiger partial charge is 0.275 e. The summed E-state index contributed by atoms with van der Waals surface area (Å²) >= 11 is 13.0. The van der Waals surface area contributed by atoms with Crippen LogP contribution in [0.5, 0.6) is 0 Å². The Kier molecular flexibility index (Phi) is 7.80. The van der Waals surface area contributed by atoms with Crippen LogP contribution < -0.4 is 16.8 Å². The second-order valence-electron chi connectivity index (χ2n) is 4.33. The van der Waals surface area contributed by atoms with Crippen LogP contribution in [0, 0.1) is 0 Å². The van der Waals surface area contributed by atoms with Gasteiger partial charge in [-0.15, -0.1) is 11.3 Å². The number of rotatable bonds is 6. The van der Waals surface area contributed by atoms with E-state index >= 15 is 0 Å². The number of nitrogens with zero attached hydrogens (tertiary/aromatic N) is 2. The van der Waals surface area contributed by atoms with Crippen molar-refractivity contribution in [3.05, 3.63) is 45.1 Å². The molecule has 124 valence electrons. The molecule has 1 heterocycles. The van der Waals surface area contributed by atoms with Crippen LogP contribution >= 0.6 is 34.5 Å². The molecule has 1 aromatic heterocycles. The summed E-state index contributed by atoms with van der Waals surface area (Å²) in [5.41, 5.74) is 11.3. The topological polar surface area (TPSA) is 106 Å². The second kappa shape index (κ2) is 9.34. The number of hydrogen-bond acceptors (Lipinski definition) is 4. The van der Waals surface area contributed by atoms with E-state index < -0.39 is 0 Å². The quantitative estimate of drug-likeness (QED) is 0.403. The van der Waals surface area contributed by atoms with Crippen molar-refractivity contribution in [3.8, 4) is 0 Å². The summed E-state index contributed by atoms with van der Waals surface area (Å²) in [4.78, 5) is 20.0. The van der Waals surface area contributed by atoms with Crippen LogP contribution in [0.1, 0.15) is 30.8 Å². The molecule has 0 fully saturated rings. The molecule has 1 rings (SSSR count). The van der Waals surface area contributed by atoms with E-state index in [0.717, 1.165) is 17.8 Å². The number of carbonyl (C=O) groups excluding carboxylic acids is 1. The average molecular weight is 374 g/mol. The number of nitrogens with two attached hydrogens (primary N) is 2. The van der Waals surface area contributed by atoms with Crippen molar-refractivity contribution in [1.82, 2.24) is 10.3 Å². The number of thiazole rings is 1. The van der Waals surface area contributed by atoms with Gasteiger partial charge in [0.1, 0.15) is 5.69 Å². The number of aromatic nitrogens is 1. The minimum atomic E-state index is -0.384. The number of halogens is 2. The van der Waals surface area contributed by atoms with Crippen LogP contribution in [0.2, 0.25) is 0 Å². The highest BCUT2D eigenvalue weighted by atomic mass is 35.5. The largest absolute Gasteiger partial charge is 0.370 e. The highest BCUT2D eigenvalue weighted by molar-refractivity contribution is 7.13. The van der Waals surface area contributed by atoms with Gasteiger partial charge in [0.2, 0.25) is 5.13 Å². The third kappa shape index (κ3) is 7.32. The third-order valence-electron chi connectivity index (χ3n) is 2.26. The molecule has 1 aromatic rings. The van der Waals surface area contributed by atoms with Gasteiger partial charge in [0.25, 0.3) is 5.91 Å². The van der Waals surface area contributed by atoms with Gasteiger partial charge in [-0.3, -0.25) is 4.79 Å². The number of amides is 1. The Hall–Kier alpha value is -1.83. The first-order chi connectivity index (χ1) is 10.8. The van der Waals surface area contributed by atoms with E-state index in [4.69, 9.17) is 34.7 Å². The van der Waals surface area contributed by atoms with Gasteiger partial charge >= 0.3 is 0 Å². The molecule has 0 bridgehead atoms. The fourth-order valence-corrected chi connectivity index (χ4v) is 2.61. The lowest BCUT2D eigenvalue weighted by Gasteiger charge is -2.04. The number of hydrogen-bond donors (Lipinski definition) is 3. The number of allylic oxidation sites excluding steroid dienone is 5. The first kappa shape index (κ1) is 19.2. The van der Waals surface area contributed by atoms with Crippen molar-refractivity contribution in [1.29, 1.82) is 0 Å². The van der Waals surface area contributed by atoms with Crippen LogP contribution in [0.3, 0.4) is 0 Å². The van der Waals surface area contributed by atoms with Gasteiger partial charge < -0.3 is 16.8 Å². The van der Waals surface area contributed by atoms with Crippen LogP contribution in [-0.2, 0) is 0 Å². The zero-order valence-electron chi connectivity index (χ0n) is 12.6. The molecule has 0 spiro atoms. The third-order valence-corrected chi connectivity index (χ3v) is 3.32. The number of aliphatic imine (C=N–C) groups is 1. The number of guanidine groups is 1. The van der Waals surface area contributed by atoms with Crippen molar-refractivity contribution in [3.63, 3.8) is 0 Å². The Labute approximate surface area is 148 Å². The maximum absolute atomic E-state index is 12.2. The SMILES string of the molecule is CC\C=C(/C=C(Cl)\C=C(/C)Cl)NC(=O)c1csc(N=C(N)N)n1. The molecule has 9 heteroatoms. The van der Waals surface area contributed by atoms with E-state index in [1.165, 1.54) is 0 Å². The zero-order valence-corrected chi connectivity index (χ0v) is 15.0. The van der Waals surface area contributed by atoms with E-state index in [0.29, 0.717) is 20.9 Å². The van der Waals surface area contributed by atoms with Crippen LogP contribution in [0.15, 0.2) is 44.4 Å². The summed E-state index contributed by atoms with van der Waals surface area (Å²) in [7, 11) is 0. The molecular weight excluding hydrogens is 357 g/mol. The molecular formula is C14H17Cl2N5OS. The summed E-state index contributed by atoms with van der Waals surface area (Å²) in [6, 6.07) is 0. The van der Waals surface area contributed by atoms with Crippen molar-refractivity contribution in [2.24, 2.45) is 16.5 Å². The summed E-state index contributed by atoms with van der Waals surface area (Å²) in [6.07, 6.45) is 5.73. The number of nitrogens with one attached hydrogen (secondary N) is 1. The molecule has 1 amide bonds. The maximum Gasteiger partial charge on any atom is 0.275 e. The monoisotopic (exact) mass is 373 g/mol. The zero-order chi connectivity index (χ0) is 17.4. The van der Waals surface area contributed by atoms with E-state index in [-0.39, 0.29) is 17.6 Å². The van der Waals surface area contributed by atoms with Crippen molar-refractivity contribution in [2.75, 3.05) is 0 Å². The Morgan fingerprint density at radius 2 is 2.13 bits per heavy atom. The molecule has 0 unspecified atom stereocenters. The summed E-state index contributed by atoms with van der Waals surface area (Å²) < 4.78 is 0. The predicted octanol–water partition coefficient (Wildman–Crippen LogP) is 3.34. The molecule has 0 aliphatic carbocycles. The molecule has 5 N–H and O–H groups in total. The fourth-order valence-electron chi connectivity index (χ4n) is 1.47. The lowest BCUT2D eigenvalue weighted by Crippen LogP contribution is -2.23. The van der Waals surface area contributed by atoms with Crippen LogP contribution in [0.4, 0.5) is 5.13 Å². The van der Waals surface area contributed by atoms with E-state index in [9.17, 15) is 4.79 Å². The van der Waals surface area contributed by atoms with Gasteiger partial charge in [-0.05, 0) is 25.5 Å². The summed E-state index contributed by atoms with van der Waals surface area (Å²) in [5.74, 6) is -0.499. The van der Waals surface area contributed by atoms with Gasteiger partial charge in [0.05, 0.1) is 0 Å². The van der Waals surface area contributed by atoms with E-state index in [1.807, 2.05) is 13.0 Å². The molecule has 0 atom stereocenters. The Morgan fingerprint density at radius 3 is 2.70 bits per heavy atom. The van der Waals surface area contributed by atoms with Crippen LogP contribution in [-0.4, -0.2) is 16.9 Å². The minimum absolute atomic E-state index is 0.115. The Morgan fingerprint density at radius 1 is 1.43 bits per heavy atom. The molecule has 0 saturated carbocycles.